The largest absolute Gasteiger partial charge is 0.507 e. The minimum atomic E-state index is -0.428. The summed E-state index contributed by atoms with van der Waals surface area (Å²) in [7, 11) is 0. The zero-order valence-corrected chi connectivity index (χ0v) is 11.6. The van der Waals surface area contributed by atoms with E-state index in [0.717, 1.165) is 5.56 Å². The van der Waals surface area contributed by atoms with Crippen molar-refractivity contribution in [1.29, 1.82) is 0 Å². The van der Waals surface area contributed by atoms with E-state index >= 15 is 0 Å². The van der Waals surface area contributed by atoms with Gasteiger partial charge in [0.15, 0.2) is 0 Å². The summed E-state index contributed by atoms with van der Waals surface area (Å²) in [6.07, 6.45) is 0. The first kappa shape index (κ1) is 13.4. The van der Waals surface area contributed by atoms with Gasteiger partial charge in [-0.05, 0) is 29.8 Å². The predicted octanol–water partition coefficient (Wildman–Crippen LogP) is 3.00. The Kier molecular flexibility index (Phi) is 3.49. The topological polar surface area (TPSA) is 87.8 Å². The van der Waals surface area contributed by atoms with Crippen molar-refractivity contribution in [1.82, 2.24) is 5.43 Å². The van der Waals surface area contributed by atoms with Crippen molar-refractivity contribution in [3.63, 3.8) is 0 Å². The number of hydrogen-bond donors (Lipinski definition) is 2. The highest BCUT2D eigenvalue weighted by Crippen LogP contribution is 2.36. The summed E-state index contributed by atoms with van der Waals surface area (Å²) in [6.45, 7) is 0. The number of nitrogens with one attached hydrogen (secondary N) is 1. The van der Waals surface area contributed by atoms with Crippen LogP contribution < -0.4 is 5.43 Å². The van der Waals surface area contributed by atoms with Gasteiger partial charge >= 0.3 is 0 Å². The van der Waals surface area contributed by atoms with Crippen LogP contribution in [-0.2, 0) is 0 Å². The molecule has 1 aliphatic heterocycles. The first-order valence-electron chi connectivity index (χ1n) is 6.18. The molecule has 0 fully saturated rings. The molecule has 1 heterocycles. The average molecular weight is 301 g/mol. The van der Waals surface area contributed by atoms with Crippen molar-refractivity contribution in [2.75, 3.05) is 0 Å². The van der Waals surface area contributed by atoms with E-state index in [1.807, 2.05) is 6.07 Å². The molecular formula is C14H11N3O3S. The number of phenolic OH excluding ortho intramolecular Hbond substituents is 1. The molecule has 3 rings (SSSR count). The number of nitro benzene ring substituents is 1. The number of non-ortho nitro benzene ring substituents is 1. The van der Waals surface area contributed by atoms with Gasteiger partial charge in [-0.3, -0.25) is 15.5 Å². The molecule has 0 saturated heterocycles. The van der Waals surface area contributed by atoms with Gasteiger partial charge < -0.3 is 5.11 Å². The van der Waals surface area contributed by atoms with Crippen LogP contribution in [0.4, 0.5) is 5.69 Å². The van der Waals surface area contributed by atoms with Crippen LogP contribution in [0.2, 0.25) is 0 Å². The van der Waals surface area contributed by atoms with Crippen LogP contribution in [0.25, 0.3) is 0 Å². The Hall–Kier alpha value is -2.54. The summed E-state index contributed by atoms with van der Waals surface area (Å²) in [4.78, 5) is 10.2. The van der Waals surface area contributed by atoms with Crippen molar-refractivity contribution in [3.8, 4) is 5.75 Å². The van der Waals surface area contributed by atoms with Crippen LogP contribution in [0, 0.1) is 10.1 Å². The summed E-state index contributed by atoms with van der Waals surface area (Å²) in [5.74, 6) is 0.176. The second kappa shape index (κ2) is 5.45. The highest BCUT2D eigenvalue weighted by molar-refractivity contribution is 8.14. The third-order valence-corrected chi connectivity index (χ3v) is 4.20. The molecule has 1 atom stereocenters. The lowest BCUT2D eigenvalue weighted by atomic mass is 10.2. The van der Waals surface area contributed by atoms with Gasteiger partial charge in [-0.1, -0.05) is 23.9 Å². The number of para-hydroxylation sites is 1. The van der Waals surface area contributed by atoms with Crippen LogP contribution in [-0.4, -0.2) is 15.1 Å². The Bertz CT molecular complexity index is 716. The van der Waals surface area contributed by atoms with E-state index in [1.54, 1.807) is 30.3 Å². The van der Waals surface area contributed by atoms with Crippen LogP contribution in [0.5, 0.6) is 5.75 Å². The fraction of sp³-hybridized carbons (Fsp3) is 0.0714. The second-order valence-electron chi connectivity index (χ2n) is 4.41. The van der Waals surface area contributed by atoms with Crippen LogP contribution in [0.15, 0.2) is 53.6 Å². The van der Waals surface area contributed by atoms with Gasteiger partial charge in [0.1, 0.15) is 16.2 Å². The van der Waals surface area contributed by atoms with E-state index < -0.39 is 4.92 Å². The SMILES string of the molecule is O=[N+]([O-])c1ccc([C@H]2NN=C(c3ccccc3O)S2)cc1. The molecule has 6 nitrogen and oxygen atoms in total. The van der Waals surface area contributed by atoms with E-state index in [-0.39, 0.29) is 16.8 Å². The number of aromatic hydroxyl groups is 1. The maximum Gasteiger partial charge on any atom is 0.269 e. The number of phenols is 1. The predicted molar refractivity (Wildman–Crippen MR) is 81.2 cm³/mol. The molecule has 0 unspecified atom stereocenters. The first-order valence-corrected chi connectivity index (χ1v) is 7.06. The van der Waals surface area contributed by atoms with E-state index in [4.69, 9.17) is 0 Å². The number of benzene rings is 2. The summed E-state index contributed by atoms with van der Waals surface area (Å²) >= 11 is 1.45. The Morgan fingerprint density at radius 1 is 1.19 bits per heavy atom. The minimum Gasteiger partial charge on any atom is -0.507 e. The maximum atomic E-state index is 10.6. The number of hydrogen-bond acceptors (Lipinski definition) is 6. The lowest BCUT2D eigenvalue weighted by Crippen LogP contribution is -2.06. The van der Waals surface area contributed by atoms with E-state index in [0.29, 0.717) is 10.6 Å². The minimum absolute atomic E-state index is 0.0589. The third kappa shape index (κ3) is 2.68. The van der Waals surface area contributed by atoms with Crippen molar-refractivity contribution in [2.45, 2.75) is 5.37 Å². The lowest BCUT2D eigenvalue weighted by Gasteiger charge is -2.09. The van der Waals surface area contributed by atoms with Crippen molar-refractivity contribution >= 4 is 22.5 Å². The Balaban J connectivity index is 1.77. The monoisotopic (exact) mass is 301 g/mol. The number of nitro groups is 1. The fourth-order valence-electron chi connectivity index (χ4n) is 1.97. The molecule has 2 aromatic rings. The Morgan fingerprint density at radius 2 is 1.90 bits per heavy atom. The van der Waals surface area contributed by atoms with E-state index in [9.17, 15) is 15.2 Å². The van der Waals surface area contributed by atoms with Gasteiger partial charge in [-0.15, -0.1) is 0 Å². The molecule has 106 valence electrons. The standard InChI is InChI=1S/C14H11N3O3S/c18-12-4-2-1-3-11(12)14-16-15-13(21-14)9-5-7-10(8-6-9)17(19)20/h1-8,13,15,18H/t13-/m0/s1. The summed E-state index contributed by atoms with van der Waals surface area (Å²) in [6, 6.07) is 13.3. The molecule has 0 aromatic heterocycles. The van der Waals surface area contributed by atoms with Crippen LogP contribution in [0.1, 0.15) is 16.5 Å². The molecule has 0 spiro atoms. The quantitative estimate of drug-likeness (QED) is 0.672. The summed E-state index contributed by atoms with van der Waals surface area (Å²) in [5, 5.41) is 25.3. The molecule has 0 aliphatic carbocycles. The van der Waals surface area contributed by atoms with Gasteiger partial charge in [-0.25, -0.2) is 0 Å². The van der Waals surface area contributed by atoms with Gasteiger partial charge in [0.25, 0.3) is 5.69 Å². The zero-order chi connectivity index (χ0) is 14.8. The average Bonchev–Trinajstić information content (AvgIpc) is 2.97. The van der Waals surface area contributed by atoms with Gasteiger partial charge in [0.2, 0.25) is 0 Å². The van der Waals surface area contributed by atoms with E-state index in [2.05, 4.69) is 10.5 Å². The molecule has 2 aromatic carbocycles. The number of rotatable bonds is 3. The normalized spacial score (nSPS) is 17.1. The Labute approximate surface area is 124 Å². The number of nitrogens with zero attached hydrogens (tertiary/aromatic N) is 2. The van der Waals surface area contributed by atoms with Crippen molar-refractivity contribution in [2.24, 2.45) is 5.10 Å². The van der Waals surface area contributed by atoms with Crippen molar-refractivity contribution < 1.29 is 10.0 Å². The summed E-state index contributed by atoms with van der Waals surface area (Å²) in [5.41, 5.74) is 4.58. The molecule has 0 amide bonds. The molecule has 2 N–H and O–H groups in total. The van der Waals surface area contributed by atoms with Crippen LogP contribution >= 0.6 is 11.8 Å². The number of hydrazone groups is 1. The fourth-order valence-corrected chi connectivity index (χ4v) is 3.00. The molecule has 21 heavy (non-hydrogen) atoms. The molecule has 7 heteroatoms. The third-order valence-electron chi connectivity index (χ3n) is 3.05. The first-order chi connectivity index (χ1) is 10.1. The van der Waals surface area contributed by atoms with Gasteiger partial charge in [0, 0.05) is 12.1 Å². The van der Waals surface area contributed by atoms with Gasteiger partial charge in [-0.2, -0.15) is 5.10 Å². The lowest BCUT2D eigenvalue weighted by molar-refractivity contribution is -0.384. The highest BCUT2D eigenvalue weighted by atomic mass is 32.2. The zero-order valence-electron chi connectivity index (χ0n) is 10.8. The molecule has 0 bridgehead atoms. The Morgan fingerprint density at radius 3 is 2.57 bits per heavy atom. The highest BCUT2D eigenvalue weighted by Gasteiger charge is 2.24. The smallest absolute Gasteiger partial charge is 0.269 e. The molecule has 1 aliphatic rings. The van der Waals surface area contributed by atoms with Crippen LogP contribution in [0.3, 0.4) is 0 Å². The maximum absolute atomic E-state index is 10.6. The number of thioether (sulfide) groups is 1. The molecule has 0 saturated carbocycles. The van der Waals surface area contributed by atoms with Gasteiger partial charge in [0.05, 0.1) is 10.5 Å². The second-order valence-corrected chi connectivity index (χ2v) is 5.50. The molecule has 0 radical (unpaired) electrons. The van der Waals surface area contributed by atoms with Crippen molar-refractivity contribution in [3.05, 3.63) is 69.8 Å². The molecular weight excluding hydrogens is 290 g/mol. The van der Waals surface area contributed by atoms with E-state index in [1.165, 1.54) is 23.9 Å². The summed E-state index contributed by atoms with van der Waals surface area (Å²) < 4.78 is 0.